The summed E-state index contributed by atoms with van der Waals surface area (Å²) in [6, 6.07) is 6.14. The number of hydrogen-bond donors (Lipinski definition) is 1. The minimum Gasteiger partial charge on any atom is -0.366 e. The molecule has 2 aromatic rings. The smallest absolute Gasteiger partial charge is 0.261 e. The van der Waals surface area contributed by atoms with Crippen molar-refractivity contribution in [3.63, 3.8) is 0 Å². The van der Waals surface area contributed by atoms with Crippen LogP contribution in [0, 0.1) is 0 Å². The summed E-state index contributed by atoms with van der Waals surface area (Å²) in [4.78, 5) is 23.6. The molecule has 1 N–H and O–H groups in total. The quantitative estimate of drug-likeness (QED) is 0.864. The summed E-state index contributed by atoms with van der Waals surface area (Å²) in [5.74, 6) is 0.0694. The van der Waals surface area contributed by atoms with Crippen LogP contribution in [-0.2, 0) is 13.0 Å². The topological polar surface area (TPSA) is 48.5 Å². The SMILES string of the molecule is O=C(NCCN1CCCC1)c1cc2c(s1)CCN2Cc1cccnc1. The first-order chi connectivity index (χ1) is 12.3. The van der Waals surface area contributed by atoms with Crippen molar-refractivity contribution < 1.29 is 4.79 Å². The van der Waals surface area contributed by atoms with Crippen molar-refractivity contribution in [1.82, 2.24) is 15.2 Å². The lowest BCUT2D eigenvalue weighted by atomic mass is 10.2. The summed E-state index contributed by atoms with van der Waals surface area (Å²) in [5, 5.41) is 3.08. The van der Waals surface area contributed by atoms with E-state index in [4.69, 9.17) is 0 Å². The van der Waals surface area contributed by atoms with Crippen molar-refractivity contribution in [2.75, 3.05) is 37.6 Å². The van der Waals surface area contributed by atoms with Crippen molar-refractivity contribution in [1.29, 1.82) is 0 Å². The van der Waals surface area contributed by atoms with Gasteiger partial charge in [0.1, 0.15) is 0 Å². The van der Waals surface area contributed by atoms with Crippen LogP contribution in [-0.4, -0.2) is 48.5 Å². The van der Waals surface area contributed by atoms with Gasteiger partial charge in [-0.25, -0.2) is 0 Å². The summed E-state index contributed by atoms with van der Waals surface area (Å²) < 4.78 is 0. The predicted molar refractivity (Wildman–Crippen MR) is 101 cm³/mol. The van der Waals surface area contributed by atoms with Crippen molar-refractivity contribution >= 4 is 22.9 Å². The van der Waals surface area contributed by atoms with Crippen LogP contribution in [0.4, 0.5) is 5.69 Å². The Hall–Kier alpha value is -1.92. The molecule has 0 unspecified atom stereocenters. The number of carbonyl (C=O) groups excluding carboxylic acids is 1. The van der Waals surface area contributed by atoms with Gasteiger partial charge < -0.3 is 15.1 Å². The monoisotopic (exact) mass is 356 g/mol. The molecule has 2 aliphatic heterocycles. The second-order valence-corrected chi connectivity index (χ2v) is 7.89. The molecular formula is C19H24N4OS. The summed E-state index contributed by atoms with van der Waals surface area (Å²) in [6.45, 7) is 5.92. The number of nitrogens with zero attached hydrogens (tertiary/aromatic N) is 3. The third-order valence-electron chi connectivity index (χ3n) is 4.97. The molecule has 2 aliphatic rings. The number of carbonyl (C=O) groups is 1. The van der Waals surface area contributed by atoms with Gasteiger partial charge in [-0.1, -0.05) is 6.07 Å². The van der Waals surface area contributed by atoms with Gasteiger partial charge in [0.05, 0.1) is 10.6 Å². The fourth-order valence-electron chi connectivity index (χ4n) is 3.63. The molecule has 1 amide bonds. The molecule has 25 heavy (non-hydrogen) atoms. The number of likely N-dealkylation sites (tertiary alicyclic amines) is 1. The molecule has 4 rings (SSSR count). The average molecular weight is 356 g/mol. The molecule has 0 saturated carbocycles. The molecule has 0 bridgehead atoms. The van der Waals surface area contributed by atoms with E-state index >= 15 is 0 Å². The lowest BCUT2D eigenvalue weighted by Crippen LogP contribution is -2.33. The Morgan fingerprint density at radius 2 is 2.16 bits per heavy atom. The van der Waals surface area contributed by atoms with Crippen LogP contribution >= 0.6 is 11.3 Å². The van der Waals surface area contributed by atoms with Crippen LogP contribution in [0.3, 0.4) is 0 Å². The van der Waals surface area contributed by atoms with E-state index in [1.807, 2.05) is 12.3 Å². The second-order valence-electron chi connectivity index (χ2n) is 6.76. The van der Waals surface area contributed by atoms with E-state index in [1.165, 1.54) is 42.1 Å². The number of amides is 1. The second kappa shape index (κ2) is 7.54. The first-order valence-electron chi connectivity index (χ1n) is 9.07. The molecule has 1 fully saturated rings. The maximum absolute atomic E-state index is 12.4. The molecule has 0 aromatic carbocycles. The fraction of sp³-hybridized carbons (Fsp3) is 0.474. The molecule has 0 spiro atoms. The Balaban J connectivity index is 1.35. The van der Waals surface area contributed by atoms with E-state index < -0.39 is 0 Å². The summed E-state index contributed by atoms with van der Waals surface area (Å²) in [7, 11) is 0. The number of thiophene rings is 1. The highest BCUT2D eigenvalue weighted by Crippen LogP contribution is 2.36. The molecule has 0 aliphatic carbocycles. The fourth-order valence-corrected chi connectivity index (χ4v) is 4.72. The Morgan fingerprint density at radius 3 is 2.96 bits per heavy atom. The van der Waals surface area contributed by atoms with E-state index in [0.717, 1.165) is 37.5 Å². The summed E-state index contributed by atoms with van der Waals surface area (Å²) in [5.41, 5.74) is 2.43. The normalized spacial score (nSPS) is 17.0. The van der Waals surface area contributed by atoms with Crippen LogP contribution in [0.1, 0.15) is 33.0 Å². The number of rotatable bonds is 6. The van der Waals surface area contributed by atoms with Crippen LogP contribution in [0.25, 0.3) is 0 Å². The van der Waals surface area contributed by atoms with Crippen molar-refractivity contribution in [3.8, 4) is 0 Å². The lowest BCUT2D eigenvalue weighted by molar-refractivity contribution is 0.0954. The maximum Gasteiger partial charge on any atom is 0.261 e. The van der Waals surface area contributed by atoms with Gasteiger partial charge in [0.15, 0.2) is 0 Å². The first-order valence-corrected chi connectivity index (χ1v) is 9.88. The van der Waals surface area contributed by atoms with E-state index in [1.54, 1.807) is 17.5 Å². The summed E-state index contributed by atoms with van der Waals surface area (Å²) >= 11 is 1.64. The number of hydrogen-bond acceptors (Lipinski definition) is 5. The highest BCUT2D eigenvalue weighted by atomic mass is 32.1. The van der Waals surface area contributed by atoms with Crippen LogP contribution in [0.15, 0.2) is 30.6 Å². The molecule has 0 atom stereocenters. The minimum atomic E-state index is 0.0694. The average Bonchev–Trinajstić information content (AvgIpc) is 3.34. The van der Waals surface area contributed by atoms with Gasteiger partial charge in [-0.05, 0) is 43.6 Å². The number of fused-ring (bicyclic) bond motifs is 1. The number of anilines is 1. The Bertz CT molecular complexity index is 724. The van der Waals surface area contributed by atoms with Crippen molar-refractivity contribution in [2.45, 2.75) is 25.8 Å². The zero-order valence-electron chi connectivity index (χ0n) is 14.4. The Labute approximate surface area is 152 Å². The molecule has 2 aromatic heterocycles. The van der Waals surface area contributed by atoms with E-state index in [-0.39, 0.29) is 5.91 Å². The van der Waals surface area contributed by atoms with E-state index in [0.29, 0.717) is 0 Å². The van der Waals surface area contributed by atoms with Crippen molar-refractivity contribution in [2.24, 2.45) is 0 Å². The zero-order chi connectivity index (χ0) is 17.1. The first kappa shape index (κ1) is 16.5. The van der Waals surface area contributed by atoms with Gasteiger partial charge in [0.2, 0.25) is 0 Å². The van der Waals surface area contributed by atoms with Gasteiger partial charge in [0, 0.05) is 49.9 Å². The third-order valence-corrected chi connectivity index (χ3v) is 6.15. The van der Waals surface area contributed by atoms with E-state index in [9.17, 15) is 4.79 Å². The van der Waals surface area contributed by atoms with Gasteiger partial charge in [-0.2, -0.15) is 0 Å². The molecule has 5 nitrogen and oxygen atoms in total. The Morgan fingerprint density at radius 1 is 1.28 bits per heavy atom. The lowest BCUT2D eigenvalue weighted by Gasteiger charge is -2.18. The summed E-state index contributed by atoms with van der Waals surface area (Å²) in [6.07, 6.45) is 7.32. The van der Waals surface area contributed by atoms with E-state index in [2.05, 4.69) is 32.2 Å². The number of aromatic nitrogens is 1. The zero-order valence-corrected chi connectivity index (χ0v) is 15.2. The number of pyridine rings is 1. The van der Waals surface area contributed by atoms with Gasteiger partial charge >= 0.3 is 0 Å². The highest BCUT2D eigenvalue weighted by molar-refractivity contribution is 7.14. The number of nitrogens with one attached hydrogen (secondary N) is 1. The molecular weight excluding hydrogens is 332 g/mol. The molecule has 132 valence electrons. The maximum atomic E-state index is 12.4. The van der Waals surface area contributed by atoms with Crippen LogP contribution in [0.5, 0.6) is 0 Å². The molecule has 6 heteroatoms. The van der Waals surface area contributed by atoms with Crippen LogP contribution < -0.4 is 10.2 Å². The predicted octanol–water partition coefficient (Wildman–Crippen LogP) is 2.53. The van der Waals surface area contributed by atoms with Gasteiger partial charge in [-0.15, -0.1) is 11.3 Å². The standard InChI is InChI=1S/C19H24N4OS/c24-19(21-7-11-22-8-1-2-9-22)18-12-16-17(25-18)5-10-23(16)14-15-4-3-6-20-13-15/h3-4,6,12-13H,1-2,5,7-11,14H2,(H,21,24). The molecule has 0 radical (unpaired) electrons. The van der Waals surface area contributed by atoms with Crippen LogP contribution in [0.2, 0.25) is 0 Å². The van der Waals surface area contributed by atoms with Gasteiger partial charge in [-0.3, -0.25) is 9.78 Å². The third kappa shape index (κ3) is 3.85. The Kier molecular flexibility index (Phi) is 4.99. The molecule has 4 heterocycles. The van der Waals surface area contributed by atoms with Gasteiger partial charge in [0.25, 0.3) is 5.91 Å². The van der Waals surface area contributed by atoms with Crippen molar-refractivity contribution in [3.05, 3.63) is 45.9 Å². The highest BCUT2D eigenvalue weighted by Gasteiger charge is 2.24. The largest absolute Gasteiger partial charge is 0.366 e. The minimum absolute atomic E-state index is 0.0694. The molecule has 1 saturated heterocycles.